The van der Waals surface area contributed by atoms with E-state index in [4.69, 9.17) is 4.98 Å². The van der Waals surface area contributed by atoms with E-state index in [2.05, 4.69) is 85.8 Å². The molecule has 1 aliphatic heterocycles. The molecule has 0 saturated heterocycles. The molecule has 214 valence electrons. The molecular formula is C35H41N3O2S. The maximum absolute atomic E-state index is 12.0. The second-order valence-electron chi connectivity index (χ2n) is 11.3. The van der Waals surface area contributed by atoms with Gasteiger partial charge in [0.1, 0.15) is 11.0 Å². The third-order valence-electron chi connectivity index (χ3n) is 8.27. The molecule has 41 heavy (non-hydrogen) atoms. The summed E-state index contributed by atoms with van der Waals surface area (Å²) < 4.78 is 0. The third kappa shape index (κ3) is 7.06. The fourth-order valence-electron chi connectivity index (χ4n) is 6.00. The highest BCUT2D eigenvalue weighted by atomic mass is 32.1. The molecule has 1 aliphatic rings. The Morgan fingerprint density at radius 2 is 1.68 bits per heavy atom. The standard InChI is InChI=1S/C35H41N3O2S/c1-4-8-26(9-5-2)27-14-12-25(13-15-27)21-37(3)31-18-16-28(17-19-31)32-24-41-34(36-32)23-38-22-30-11-7-6-10-29(30)20-33(38)35(39)40/h6-7,10-19,24,26,33H,4-5,8-9,20-23H2,1-3H3,(H,39,40). The van der Waals surface area contributed by atoms with Crippen LogP contribution in [-0.4, -0.2) is 34.0 Å². The topological polar surface area (TPSA) is 56.7 Å². The molecule has 0 bridgehead atoms. The minimum Gasteiger partial charge on any atom is -0.480 e. The van der Waals surface area contributed by atoms with Crippen LogP contribution in [0.15, 0.2) is 78.2 Å². The summed E-state index contributed by atoms with van der Waals surface area (Å²) in [6.45, 7) is 6.57. The molecule has 1 atom stereocenters. The number of carboxylic acid groups (broad SMARTS) is 1. The molecule has 0 saturated carbocycles. The van der Waals surface area contributed by atoms with Crippen LogP contribution in [0, 0.1) is 0 Å². The van der Waals surface area contributed by atoms with Crippen LogP contribution < -0.4 is 4.90 Å². The van der Waals surface area contributed by atoms with E-state index in [0.29, 0.717) is 25.4 Å². The monoisotopic (exact) mass is 567 g/mol. The summed E-state index contributed by atoms with van der Waals surface area (Å²) in [6.07, 6.45) is 5.50. The quantitative estimate of drug-likeness (QED) is 0.187. The van der Waals surface area contributed by atoms with Gasteiger partial charge in [-0.3, -0.25) is 9.69 Å². The van der Waals surface area contributed by atoms with E-state index in [0.717, 1.165) is 28.4 Å². The van der Waals surface area contributed by atoms with Gasteiger partial charge in [-0.15, -0.1) is 11.3 Å². The van der Waals surface area contributed by atoms with Crippen LogP contribution in [-0.2, 0) is 30.8 Å². The second kappa shape index (κ2) is 13.5. The van der Waals surface area contributed by atoms with Gasteiger partial charge in [0, 0.05) is 36.8 Å². The molecular weight excluding hydrogens is 526 g/mol. The van der Waals surface area contributed by atoms with Crippen molar-refractivity contribution in [3.8, 4) is 11.3 Å². The SMILES string of the molecule is CCCC(CCC)c1ccc(CN(C)c2ccc(-c3csc(CN4Cc5ccccc5CC4C(=O)O)n3)cc2)cc1. The molecule has 0 aliphatic carbocycles. The summed E-state index contributed by atoms with van der Waals surface area (Å²) >= 11 is 1.60. The first-order chi connectivity index (χ1) is 19.9. The van der Waals surface area contributed by atoms with Crippen LogP contribution in [0.1, 0.15) is 72.7 Å². The zero-order chi connectivity index (χ0) is 28.8. The lowest BCUT2D eigenvalue weighted by Crippen LogP contribution is -2.44. The molecule has 0 fully saturated rings. The van der Waals surface area contributed by atoms with Gasteiger partial charge in [0.2, 0.25) is 0 Å². The largest absolute Gasteiger partial charge is 0.480 e. The van der Waals surface area contributed by atoms with Crippen molar-refractivity contribution in [3.05, 3.63) is 105 Å². The lowest BCUT2D eigenvalue weighted by atomic mass is 9.90. The van der Waals surface area contributed by atoms with Crippen molar-refractivity contribution < 1.29 is 9.90 Å². The normalized spacial score (nSPS) is 15.2. The smallest absolute Gasteiger partial charge is 0.321 e. The van der Waals surface area contributed by atoms with E-state index in [9.17, 15) is 9.90 Å². The number of aromatic nitrogens is 1. The van der Waals surface area contributed by atoms with Crippen LogP contribution in [0.4, 0.5) is 5.69 Å². The first-order valence-electron chi connectivity index (χ1n) is 14.8. The fourth-order valence-corrected chi connectivity index (χ4v) is 6.83. The number of benzene rings is 3. The van der Waals surface area contributed by atoms with Gasteiger partial charge >= 0.3 is 5.97 Å². The van der Waals surface area contributed by atoms with Crippen LogP contribution in [0.2, 0.25) is 0 Å². The van der Waals surface area contributed by atoms with Gasteiger partial charge in [0.25, 0.3) is 0 Å². The van der Waals surface area contributed by atoms with Crippen molar-refractivity contribution in [2.45, 2.75) is 77.5 Å². The van der Waals surface area contributed by atoms with E-state index < -0.39 is 12.0 Å². The number of fused-ring (bicyclic) bond motifs is 1. The number of anilines is 1. The van der Waals surface area contributed by atoms with E-state index in [1.54, 1.807) is 11.3 Å². The molecule has 6 heteroatoms. The maximum atomic E-state index is 12.0. The molecule has 1 aromatic heterocycles. The van der Waals surface area contributed by atoms with Gasteiger partial charge in [-0.2, -0.15) is 0 Å². The number of carboxylic acids is 1. The van der Waals surface area contributed by atoms with Gasteiger partial charge in [-0.1, -0.05) is 87.4 Å². The number of hydrogen-bond donors (Lipinski definition) is 1. The molecule has 4 aromatic rings. The number of aliphatic carboxylic acids is 1. The molecule has 0 amide bonds. The van der Waals surface area contributed by atoms with Crippen LogP contribution in [0.5, 0.6) is 0 Å². The lowest BCUT2D eigenvalue weighted by Gasteiger charge is -2.33. The first kappa shape index (κ1) is 29.0. The van der Waals surface area contributed by atoms with Crippen molar-refractivity contribution in [1.29, 1.82) is 0 Å². The zero-order valence-electron chi connectivity index (χ0n) is 24.4. The predicted octanol–water partition coefficient (Wildman–Crippen LogP) is 8.14. The molecule has 2 heterocycles. The average Bonchev–Trinajstić information content (AvgIpc) is 3.45. The highest BCUT2D eigenvalue weighted by Crippen LogP contribution is 2.30. The second-order valence-corrected chi connectivity index (χ2v) is 12.2. The zero-order valence-corrected chi connectivity index (χ0v) is 25.2. The Morgan fingerprint density at radius 1 is 1.00 bits per heavy atom. The fraction of sp³-hybridized carbons (Fsp3) is 0.371. The number of carbonyl (C=O) groups is 1. The van der Waals surface area contributed by atoms with E-state index >= 15 is 0 Å². The average molecular weight is 568 g/mol. The first-order valence-corrected chi connectivity index (χ1v) is 15.7. The summed E-state index contributed by atoms with van der Waals surface area (Å²) in [5.41, 5.74) is 8.30. The minimum atomic E-state index is -0.774. The summed E-state index contributed by atoms with van der Waals surface area (Å²) in [5.74, 6) is -0.102. The number of hydrogen-bond acceptors (Lipinski definition) is 5. The Labute approximate surface area is 248 Å². The van der Waals surface area contributed by atoms with Gasteiger partial charge in [0.15, 0.2) is 0 Å². The van der Waals surface area contributed by atoms with Crippen molar-refractivity contribution in [3.63, 3.8) is 0 Å². The summed E-state index contributed by atoms with van der Waals surface area (Å²) in [6, 6.07) is 25.4. The Morgan fingerprint density at radius 3 is 2.34 bits per heavy atom. The van der Waals surface area contributed by atoms with Crippen LogP contribution in [0.25, 0.3) is 11.3 Å². The van der Waals surface area contributed by atoms with Crippen LogP contribution in [0.3, 0.4) is 0 Å². The van der Waals surface area contributed by atoms with Crippen molar-refractivity contribution in [2.75, 3.05) is 11.9 Å². The van der Waals surface area contributed by atoms with E-state index in [1.165, 1.54) is 48.1 Å². The van der Waals surface area contributed by atoms with Gasteiger partial charge in [-0.05, 0) is 59.6 Å². The van der Waals surface area contributed by atoms with E-state index in [-0.39, 0.29) is 0 Å². The van der Waals surface area contributed by atoms with Crippen molar-refractivity contribution in [1.82, 2.24) is 9.88 Å². The molecule has 1 unspecified atom stereocenters. The number of rotatable bonds is 12. The third-order valence-corrected chi connectivity index (χ3v) is 9.10. The van der Waals surface area contributed by atoms with E-state index in [1.807, 2.05) is 23.1 Å². The summed E-state index contributed by atoms with van der Waals surface area (Å²) in [7, 11) is 2.14. The molecule has 0 spiro atoms. The Kier molecular flexibility index (Phi) is 9.53. The maximum Gasteiger partial charge on any atom is 0.321 e. The highest BCUT2D eigenvalue weighted by Gasteiger charge is 2.31. The summed E-state index contributed by atoms with van der Waals surface area (Å²) in [4.78, 5) is 21.2. The Balaban J connectivity index is 1.21. The number of nitrogens with zero attached hydrogens (tertiary/aromatic N) is 3. The highest BCUT2D eigenvalue weighted by molar-refractivity contribution is 7.09. The lowest BCUT2D eigenvalue weighted by molar-refractivity contribution is -0.144. The van der Waals surface area contributed by atoms with Gasteiger partial charge in [-0.25, -0.2) is 4.98 Å². The van der Waals surface area contributed by atoms with Gasteiger partial charge < -0.3 is 10.0 Å². The molecule has 3 aromatic carbocycles. The molecule has 1 N–H and O–H groups in total. The Hall–Kier alpha value is -3.48. The molecule has 5 nitrogen and oxygen atoms in total. The van der Waals surface area contributed by atoms with Crippen molar-refractivity contribution in [2.24, 2.45) is 0 Å². The summed E-state index contributed by atoms with van der Waals surface area (Å²) in [5, 5.41) is 12.9. The number of thiazole rings is 1. The van der Waals surface area contributed by atoms with Crippen molar-refractivity contribution >= 4 is 23.0 Å². The van der Waals surface area contributed by atoms with Crippen LogP contribution >= 0.6 is 11.3 Å². The molecule has 5 rings (SSSR count). The molecule has 0 radical (unpaired) electrons. The predicted molar refractivity (Wildman–Crippen MR) is 169 cm³/mol. The Bertz CT molecular complexity index is 1420. The minimum absolute atomic E-state index is 0.529. The van der Waals surface area contributed by atoms with Gasteiger partial charge in [0.05, 0.1) is 12.2 Å².